The van der Waals surface area contributed by atoms with E-state index in [2.05, 4.69) is 4.98 Å². The summed E-state index contributed by atoms with van der Waals surface area (Å²) in [6.45, 7) is 1.67. The maximum atomic E-state index is 12.3. The van der Waals surface area contributed by atoms with E-state index in [-0.39, 0.29) is 5.56 Å². The number of benzene rings is 1. The van der Waals surface area contributed by atoms with Crippen molar-refractivity contribution in [2.24, 2.45) is 0 Å². The molecule has 4 rings (SSSR count). The molecule has 1 N–H and O–H groups in total. The van der Waals surface area contributed by atoms with Crippen molar-refractivity contribution in [1.29, 1.82) is 0 Å². The maximum absolute atomic E-state index is 12.3. The predicted molar refractivity (Wildman–Crippen MR) is 104 cm³/mol. The highest BCUT2D eigenvalue weighted by molar-refractivity contribution is 5.88. The van der Waals surface area contributed by atoms with Crippen LogP contribution in [0.2, 0.25) is 0 Å². The molecule has 0 radical (unpaired) electrons. The van der Waals surface area contributed by atoms with E-state index in [0.29, 0.717) is 43.4 Å². The monoisotopic (exact) mass is 396 g/mol. The Morgan fingerprint density at radius 3 is 2.86 bits per heavy atom. The molecule has 3 aromatic rings. The minimum Gasteiger partial charge on any atom is -0.493 e. The predicted octanol–water partition coefficient (Wildman–Crippen LogP) is 2.84. The van der Waals surface area contributed by atoms with Crippen molar-refractivity contribution in [3.05, 3.63) is 58.3 Å². The van der Waals surface area contributed by atoms with Crippen LogP contribution in [-0.4, -0.2) is 41.0 Å². The van der Waals surface area contributed by atoms with Crippen molar-refractivity contribution in [2.75, 3.05) is 20.3 Å². The largest absolute Gasteiger partial charge is 0.493 e. The van der Waals surface area contributed by atoms with E-state index in [1.54, 1.807) is 17.9 Å². The van der Waals surface area contributed by atoms with Gasteiger partial charge < -0.3 is 23.6 Å². The molecule has 3 heterocycles. The molecule has 1 aliphatic heterocycles. The summed E-state index contributed by atoms with van der Waals surface area (Å²) in [6.07, 6.45) is 5.80. The SMILES string of the molecule is COCCCOc1cc2c(cc1-c1cnco1)-c1cc(=O)c(C(=O)O)cn1CC2. The van der Waals surface area contributed by atoms with E-state index in [1.807, 2.05) is 12.1 Å². The quantitative estimate of drug-likeness (QED) is 0.613. The standard InChI is InChI=1S/C21H20N2O6/c1-27-5-2-6-28-19-7-13-3-4-23-11-16(21(25)26)18(24)9-17(23)14(13)8-15(19)20-10-22-12-29-20/h7-12H,2-6H2,1H3,(H,25,26). The van der Waals surface area contributed by atoms with Crippen LogP contribution in [0.5, 0.6) is 5.75 Å². The van der Waals surface area contributed by atoms with E-state index in [0.717, 1.165) is 23.1 Å². The molecular weight excluding hydrogens is 376 g/mol. The van der Waals surface area contributed by atoms with Crippen molar-refractivity contribution in [3.8, 4) is 28.3 Å². The number of pyridine rings is 1. The molecule has 0 spiro atoms. The Morgan fingerprint density at radius 2 is 2.14 bits per heavy atom. The number of aryl methyl sites for hydroxylation is 2. The van der Waals surface area contributed by atoms with Crippen LogP contribution in [0.25, 0.3) is 22.6 Å². The zero-order valence-corrected chi connectivity index (χ0v) is 15.9. The van der Waals surface area contributed by atoms with Gasteiger partial charge in [0.05, 0.1) is 24.1 Å². The molecule has 8 heteroatoms. The van der Waals surface area contributed by atoms with Gasteiger partial charge in [-0.1, -0.05) is 0 Å². The van der Waals surface area contributed by atoms with Gasteiger partial charge in [0.2, 0.25) is 0 Å². The minimum absolute atomic E-state index is 0.231. The number of carboxylic acid groups (broad SMARTS) is 1. The normalized spacial score (nSPS) is 12.3. The Hall–Kier alpha value is -3.39. The smallest absolute Gasteiger partial charge is 0.341 e. The lowest BCUT2D eigenvalue weighted by atomic mass is 9.93. The Balaban J connectivity index is 1.80. The average Bonchev–Trinajstić information content (AvgIpc) is 3.24. The maximum Gasteiger partial charge on any atom is 0.341 e. The van der Waals surface area contributed by atoms with Gasteiger partial charge in [-0.25, -0.2) is 9.78 Å². The second-order valence-corrected chi connectivity index (χ2v) is 6.75. The highest BCUT2D eigenvalue weighted by atomic mass is 16.5. The van der Waals surface area contributed by atoms with Gasteiger partial charge in [0.1, 0.15) is 11.3 Å². The lowest BCUT2D eigenvalue weighted by Crippen LogP contribution is -2.22. The van der Waals surface area contributed by atoms with Gasteiger partial charge in [-0.3, -0.25) is 4.79 Å². The number of fused-ring (bicyclic) bond motifs is 3. The number of hydrogen-bond donors (Lipinski definition) is 1. The second-order valence-electron chi connectivity index (χ2n) is 6.75. The van der Waals surface area contributed by atoms with Crippen molar-refractivity contribution >= 4 is 5.97 Å². The molecule has 0 amide bonds. The summed E-state index contributed by atoms with van der Waals surface area (Å²) in [5.74, 6) is 0.00368. The summed E-state index contributed by atoms with van der Waals surface area (Å²) in [5, 5.41) is 9.23. The fourth-order valence-corrected chi connectivity index (χ4v) is 3.51. The molecule has 0 aliphatic carbocycles. The van der Waals surface area contributed by atoms with E-state index in [1.165, 1.54) is 18.7 Å². The zero-order chi connectivity index (χ0) is 20.4. The van der Waals surface area contributed by atoms with E-state index in [9.17, 15) is 14.7 Å². The number of carboxylic acids is 1. The van der Waals surface area contributed by atoms with Gasteiger partial charge in [-0.05, 0) is 24.1 Å². The summed E-state index contributed by atoms with van der Waals surface area (Å²) in [6, 6.07) is 5.25. The number of rotatable bonds is 7. The second kappa shape index (κ2) is 7.92. The first-order chi connectivity index (χ1) is 14.1. The fourth-order valence-electron chi connectivity index (χ4n) is 3.51. The van der Waals surface area contributed by atoms with Gasteiger partial charge >= 0.3 is 5.97 Å². The third-order valence-corrected chi connectivity index (χ3v) is 4.91. The van der Waals surface area contributed by atoms with Gasteiger partial charge in [0.15, 0.2) is 17.6 Å². The van der Waals surface area contributed by atoms with Crippen LogP contribution in [0.3, 0.4) is 0 Å². The first-order valence-electron chi connectivity index (χ1n) is 9.24. The topological polar surface area (TPSA) is 104 Å². The first-order valence-corrected chi connectivity index (χ1v) is 9.24. The third-order valence-electron chi connectivity index (χ3n) is 4.91. The molecule has 1 aromatic carbocycles. The van der Waals surface area contributed by atoms with Crippen molar-refractivity contribution in [3.63, 3.8) is 0 Å². The number of ether oxygens (including phenoxy) is 2. The first kappa shape index (κ1) is 18.9. The van der Waals surface area contributed by atoms with Crippen LogP contribution in [-0.2, 0) is 17.7 Å². The molecule has 150 valence electrons. The zero-order valence-electron chi connectivity index (χ0n) is 15.9. The van der Waals surface area contributed by atoms with Crippen LogP contribution in [0.1, 0.15) is 22.3 Å². The number of aromatic carboxylic acids is 1. The van der Waals surface area contributed by atoms with Gasteiger partial charge in [-0.2, -0.15) is 0 Å². The van der Waals surface area contributed by atoms with E-state index in [4.69, 9.17) is 13.9 Å². The van der Waals surface area contributed by atoms with Crippen LogP contribution in [0, 0.1) is 0 Å². The Bertz CT molecular complexity index is 1100. The highest BCUT2D eigenvalue weighted by Crippen LogP contribution is 2.39. The highest BCUT2D eigenvalue weighted by Gasteiger charge is 2.23. The lowest BCUT2D eigenvalue weighted by Gasteiger charge is -2.24. The molecular formula is C21H20N2O6. The molecule has 0 fully saturated rings. The molecule has 1 aliphatic rings. The molecule has 0 saturated carbocycles. The lowest BCUT2D eigenvalue weighted by molar-refractivity contribution is 0.0694. The van der Waals surface area contributed by atoms with Gasteiger partial charge in [0, 0.05) is 44.5 Å². The van der Waals surface area contributed by atoms with Crippen LogP contribution >= 0.6 is 0 Å². The number of aromatic nitrogens is 2. The Labute approximate surface area is 166 Å². The average molecular weight is 396 g/mol. The summed E-state index contributed by atoms with van der Waals surface area (Å²) in [7, 11) is 1.65. The van der Waals surface area contributed by atoms with Crippen molar-refractivity contribution < 1.29 is 23.8 Å². The van der Waals surface area contributed by atoms with Crippen molar-refractivity contribution in [2.45, 2.75) is 19.4 Å². The van der Waals surface area contributed by atoms with Gasteiger partial charge in [-0.15, -0.1) is 0 Å². The van der Waals surface area contributed by atoms with E-state index < -0.39 is 11.4 Å². The Kier molecular flexibility index (Phi) is 5.18. The summed E-state index contributed by atoms with van der Waals surface area (Å²) >= 11 is 0. The Morgan fingerprint density at radius 1 is 1.28 bits per heavy atom. The van der Waals surface area contributed by atoms with Crippen LogP contribution in [0.4, 0.5) is 0 Å². The van der Waals surface area contributed by atoms with E-state index >= 15 is 0 Å². The number of hydrogen-bond acceptors (Lipinski definition) is 6. The third kappa shape index (κ3) is 3.66. The molecule has 0 saturated heterocycles. The summed E-state index contributed by atoms with van der Waals surface area (Å²) in [5.41, 5.74) is 2.52. The molecule has 0 atom stereocenters. The van der Waals surface area contributed by atoms with Crippen molar-refractivity contribution in [1.82, 2.24) is 9.55 Å². The number of nitrogens with zero attached hydrogens (tertiary/aromatic N) is 2. The minimum atomic E-state index is -1.22. The molecule has 0 unspecified atom stereocenters. The number of carbonyl (C=O) groups is 1. The summed E-state index contributed by atoms with van der Waals surface area (Å²) in [4.78, 5) is 27.6. The fraction of sp³-hybridized carbons (Fsp3) is 0.286. The summed E-state index contributed by atoms with van der Waals surface area (Å²) < 4.78 is 18.3. The van der Waals surface area contributed by atoms with Gasteiger partial charge in [0.25, 0.3) is 0 Å². The van der Waals surface area contributed by atoms with Crippen LogP contribution in [0.15, 0.2) is 46.2 Å². The number of oxazole rings is 1. The van der Waals surface area contributed by atoms with Crippen LogP contribution < -0.4 is 10.2 Å². The molecule has 29 heavy (non-hydrogen) atoms. The number of methoxy groups -OCH3 is 1. The molecule has 2 aromatic heterocycles. The molecule has 8 nitrogen and oxygen atoms in total. The molecule has 0 bridgehead atoms.